The quantitative estimate of drug-likeness (QED) is 0.871. The molecule has 0 aliphatic rings. The van der Waals surface area contributed by atoms with Gasteiger partial charge in [0.1, 0.15) is 12.4 Å². The summed E-state index contributed by atoms with van der Waals surface area (Å²) in [6.45, 7) is 4.16. The maximum atomic E-state index is 5.90. The molecular formula is C10H13Cl2NO. The van der Waals surface area contributed by atoms with Crippen LogP contribution in [0.15, 0.2) is 18.2 Å². The van der Waals surface area contributed by atoms with Crippen LogP contribution in [0.25, 0.3) is 0 Å². The van der Waals surface area contributed by atoms with Gasteiger partial charge in [-0.2, -0.15) is 0 Å². The zero-order valence-corrected chi connectivity index (χ0v) is 9.69. The molecule has 14 heavy (non-hydrogen) atoms. The average Bonchev–Trinajstić information content (AvgIpc) is 2.05. The molecule has 78 valence electrons. The fraction of sp³-hybridized carbons (Fsp3) is 0.400. The van der Waals surface area contributed by atoms with Crippen LogP contribution in [0, 0.1) is 0 Å². The van der Waals surface area contributed by atoms with Crippen molar-refractivity contribution in [2.75, 3.05) is 6.61 Å². The van der Waals surface area contributed by atoms with E-state index in [0.29, 0.717) is 22.4 Å². The second kappa shape index (κ2) is 4.39. The van der Waals surface area contributed by atoms with Gasteiger partial charge in [-0.05, 0) is 26.0 Å². The highest BCUT2D eigenvalue weighted by molar-refractivity contribution is 6.34. The maximum absolute atomic E-state index is 5.90. The summed E-state index contributed by atoms with van der Waals surface area (Å²) < 4.78 is 5.44. The Balaban J connectivity index is 2.72. The van der Waals surface area contributed by atoms with Crippen LogP contribution in [0.4, 0.5) is 0 Å². The fourth-order valence-corrected chi connectivity index (χ4v) is 1.19. The Kier molecular flexibility index (Phi) is 3.65. The normalized spacial score (nSPS) is 11.5. The molecule has 0 saturated heterocycles. The lowest BCUT2D eigenvalue weighted by Gasteiger charge is -2.19. The summed E-state index contributed by atoms with van der Waals surface area (Å²) in [5.74, 6) is 0.567. The number of halogens is 2. The SMILES string of the molecule is CC(C)(N)COc1cc(Cl)ccc1Cl. The van der Waals surface area contributed by atoms with Crippen molar-refractivity contribution in [3.8, 4) is 5.75 Å². The highest BCUT2D eigenvalue weighted by atomic mass is 35.5. The first kappa shape index (κ1) is 11.6. The van der Waals surface area contributed by atoms with Crippen LogP contribution in [0.5, 0.6) is 5.75 Å². The summed E-state index contributed by atoms with van der Waals surface area (Å²) >= 11 is 11.7. The lowest BCUT2D eigenvalue weighted by molar-refractivity contribution is 0.243. The lowest BCUT2D eigenvalue weighted by Crippen LogP contribution is -2.38. The summed E-state index contributed by atoms with van der Waals surface area (Å²) in [6.07, 6.45) is 0. The van der Waals surface area contributed by atoms with Crippen molar-refractivity contribution in [3.05, 3.63) is 28.2 Å². The molecule has 0 radical (unpaired) electrons. The van der Waals surface area contributed by atoms with Gasteiger partial charge in [-0.25, -0.2) is 0 Å². The first-order valence-electron chi connectivity index (χ1n) is 4.25. The molecule has 0 aromatic heterocycles. The topological polar surface area (TPSA) is 35.2 Å². The van der Waals surface area contributed by atoms with E-state index in [1.807, 2.05) is 13.8 Å². The van der Waals surface area contributed by atoms with Crippen LogP contribution in [-0.4, -0.2) is 12.1 Å². The Morgan fingerprint density at radius 1 is 1.36 bits per heavy atom. The van der Waals surface area contributed by atoms with E-state index in [1.54, 1.807) is 18.2 Å². The molecule has 0 spiro atoms. The summed E-state index contributed by atoms with van der Waals surface area (Å²) in [5.41, 5.74) is 5.39. The van der Waals surface area contributed by atoms with E-state index in [4.69, 9.17) is 33.7 Å². The van der Waals surface area contributed by atoms with Gasteiger partial charge in [-0.3, -0.25) is 0 Å². The van der Waals surface area contributed by atoms with Crippen LogP contribution in [0.2, 0.25) is 10.0 Å². The Morgan fingerprint density at radius 2 is 2.00 bits per heavy atom. The zero-order valence-electron chi connectivity index (χ0n) is 8.18. The van der Waals surface area contributed by atoms with Gasteiger partial charge in [-0.1, -0.05) is 23.2 Å². The van der Waals surface area contributed by atoms with Crippen molar-refractivity contribution in [2.45, 2.75) is 19.4 Å². The van der Waals surface area contributed by atoms with Crippen molar-refractivity contribution in [1.29, 1.82) is 0 Å². The van der Waals surface area contributed by atoms with Crippen molar-refractivity contribution in [1.82, 2.24) is 0 Å². The van der Waals surface area contributed by atoms with Crippen LogP contribution < -0.4 is 10.5 Å². The number of nitrogens with two attached hydrogens (primary N) is 1. The summed E-state index contributed by atoms with van der Waals surface area (Å²) in [7, 11) is 0. The number of ether oxygens (including phenoxy) is 1. The Labute approximate surface area is 94.0 Å². The van der Waals surface area contributed by atoms with Gasteiger partial charge in [0.2, 0.25) is 0 Å². The van der Waals surface area contributed by atoms with E-state index in [9.17, 15) is 0 Å². The molecule has 0 aliphatic carbocycles. The van der Waals surface area contributed by atoms with Crippen LogP contribution in [0.1, 0.15) is 13.8 Å². The monoisotopic (exact) mass is 233 g/mol. The van der Waals surface area contributed by atoms with Gasteiger partial charge >= 0.3 is 0 Å². The molecule has 0 amide bonds. The highest BCUT2D eigenvalue weighted by Crippen LogP contribution is 2.28. The molecule has 2 N–H and O–H groups in total. The predicted octanol–water partition coefficient (Wildman–Crippen LogP) is 3.11. The fourth-order valence-electron chi connectivity index (χ4n) is 0.852. The minimum absolute atomic E-state index is 0.383. The van der Waals surface area contributed by atoms with Crippen molar-refractivity contribution in [2.24, 2.45) is 5.73 Å². The minimum Gasteiger partial charge on any atom is -0.490 e. The Bertz CT molecular complexity index is 320. The molecule has 0 heterocycles. The molecule has 1 aromatic carbocycles. The number of rotatable bonds is 3. The number of benzene rings is 1. The second-order valence-corrected chi connectivity index (χ2v) is 4.70. The summed E-state index contributed by atoms with van der Waals surface area (Å²) in [5, 5.41) is 1.14. The van der Waals surface area contributed by atoms with E-state index in [1.165, 1.54) is 0 Å². The molecular weight excluding hydrogens is 221 g/mol. The molecule has 0 saturated carbocycles. The zero-order chi connectivity index (χ0) is 10.8. The smallest absolute Gasteiger partial charge is 0.139 e. The van der Waals surface area contributed by atoms with E-state index in [0.717, 1.165) is 0 Å². The first-order chi connectivity index (χ1) is 6.38. The summed E-state index contributed by atoms with van der Waals surface area (Å²) in [4.78, 5) is 0. The summed E-state index contributed by atoms with van der Waals surface area (Å²) in [6, 6.07) is 5.09. The van der Waals surface area contributed by atoms with E-state index in [2.05, 4.69) is 0 Å². The van der Waals surface area contributed by atoms with Gasteiger partial charge < -0.3 is 10.5 Å². The standard InChI is InChI=1S/C10H13Cl2NO/c1-10(2,13)6-14-9-5-7(11)3-4-8(9)12/h3-5H,6,13H2,1-2H3. The largest absolute Gasteiger partial charge is 0.490 e. The van der Waals surface area contributed by atoms with E-state index < -0.39 is 0 Å². The molecule has 0 unspecified atom stereocenters. The van der Waals surface area contributed by atoms with Crippen LogP contribution in [-0.2, 0) is 0 Å². The second-order valence-electron chi connectivity index (χ2n) is 3.85. The molecule has 1 aromatic rings. The molecule has 0 bridgehead atoms. The van der Waals surface area contributed by atoms with Gasteiger partial charge in [0.25, 0.3) is 0 Å². The lowest BCUT2D eigenvalue weighted by atomic mass is 10.1. The molecule has 4 heteroatoms. The van der Waals surface area contributed by atoms with Crippen molar-refractivity contribution >= 4 is 23.2 Å². The van der Waals surface area contributed by atoms with Crippen LogP contribution in [0.3, 0.4) is 0 Å². The molecule has 1 rings (SSSR count). The molecule has 2 nitrogen and oxygen atoms in total. The number of hydrogen-bond acceptors (Lipinski definition) is 2. The third kappa shape index (κ3) is 3.74. The highest BCUT2D eigenvalue weighted by Gasteiger charge is 2.12. The van der Waals surface area contributed by atoms with Gasteiger partial charge in [0, 0.05) is 16.6 Å². The predicted molar refractivity (Wildman–Crippen MR) is 60.2 cm³/mol. The number of hydrogen-bond donors (Lipinski definition) is 1. The molecule has 0 aliphatic heterocycles. The Hall–Kier alpha value is -0.440. The molecule has 0 fully saturated rings. The third-order valence-electron chi connectivity index (χ3n) is 1.49. The van der Waals surface area contributed by atoms with Gasteiger partial charge in [-0.15, -0.1) is 0 Å². The third-order valence-corrected chi connectivity index (χ3v) is 2.04. The van der Waals surface area contributed by atoms with Gasteiger partial charge in [0.15, 0.2) is 0 Å². The average molecular weight is 234 g/mol. The van der Waals surface area contributed by atoms with Crippen molar-refractivity contribution < 1.29 is 4.74 Å². The Morgan fingerprint density at radius 3 is 2.57 bits per heavy atom. The van der Waals surface area contributed by atoms with Crippen LogP contribution >= 0.6 is 23.2 Å². The molecule has 0 atom stereocenters. The van der Waals surface area contributed by atoms with E-state index in [-0.39, 0.29) is 5.54 Å². The maximum Gasteiger partial charge on any atom is 0.139 e. The first-order valence-corrected chi connectivity index (χ1v) is 5.01. The van der Waals surface area contributed by atoms with Gasteiger partial charge in [0.05, 0.1) is 5.02 Å². The minimum atomic E-state index is -0.383. The van der Waals surface area contributed by atoms with E-state index >= 15 is 0 Å². The van der Waals surface area contributed by atoms with Crippen molar-refractivity contribution in [3.63, 3.8) is 0 Å².